The molecule has 0 spiro atoms. The molecule has 0 unspecified atom stereocenters. The number of carbonyl (C=O) groups is 1. The lowest BCUT2D eigenvalue weighted by Gasteiger charge is -2.31. The van der Waals surface area contributed by atoms with Gasteiger partial charge in [0.1, 0.15) is 0 Å². The highest BCUT2D eigenvalue weighted by Gasteiger charge is 2.22. The highest BCUT2D eigenvalue weighted by Crippen LogP contribution is 2.18. The van der Waals surface area contributed by atoms with Crippen LogP contribution in [0.4, 0.5) is 4.79 Å². The molecule has 0 aliphatic carbocycles. The lowest BCUT2D eigenvalue weighted by Crippen LogP contribution is -2.44. The predicted octanol–water partition coefficient (Wildman–Crippen LogP) is 2.53. The maximum atomic E-state index is 12.2. The summed E-state index contributed by atoms with van der Waals surface area (Å²) in [5.74, 6) is 0.357. The molecular weight excluding hydrogens is 264 g/mol. The number of hydrogen-bond donors (Lipinski definition) is 2. The fourth-order valence-corrected chi connectivity index (χ4v) is 3.08. The van der Waals surface area contributed by atoms with Crippen molar-refractivity contribution in [3.8, 4) is 0 Å². The van der Waals surface area contributed by atoms with Crippen LogP contribution in [0.15, 0.2) is 12.1 Å². The number of piperidine rings is 1. The first kappa shape index (κ1) is 15.8. The Balaban J connectivity index is 1.90. The van der Waals surface area contributed by atoms with E-state index in [1.54, 1.807) is 0 Å². The molecule has 1 fully saturated rings. The summed E-state index contributed by atoms with van der Waals surface area (Å²) >= 11 is 0. The zero-order chi connectivity index (χ0) is 15.4. The standard InChI is InChI=1S/C17H26N2O2/c1-12-8-13(2)16(14(3)9-12)10-18-17(21)19-6-4-15(11-20)5-7-19/h8-9,15,20H,4-7,10-11H2,1-3H3,(H,18,21). The van der Waals surface area contributed by atoms with Gasteiger partial charge in [0.25, 0.3) is 0 Å². The Bertz CT molecular complexity index is 483. The van der Waals surface area contributed by atoms with Crippen LogP contribution in [-0.4, -0.2) is 35.7 Å². The molecule has 0 radical (unpaired) electrons. The highest BCUT2D eigenvalue weighted by molar-refractivity contribution is 5.74. The van der Waals surface area contributed by atoms with Gasteiger partial charge in [0, 0.05) is 26.2 Å². The van der Waals surface area contributed by atoms with Gasteiger partial charge >= 0.3 is 6.03 Å². The van der Waals surface area contributed by atoms with E-state index < -0.39 is 0 Å². The van der Waals surface area contributed by atoms with Gasteiger partial charge in [-0.15, -0.1) is 0 Å². The first-order valence-electron chi connectivity index (χ1n) is 7.71. The second kappa shape index (κ2) is 6.94. The van der Waals surface area contributed by atoms with Gasteiger partial charge in [0.15, 0.2) is 0 Å². The summed E-state index contributed by atoms with van der Waals surface area (Å²) in [5.41, 5.74) is 4.92. The Kier molecular flexibility index (Phi) is 5.23. The molecule has 1 aromatic rings. The molecule has 0 saturated carbocycles. The van der Waals surface area contributed by atoms with Gasteiger partial charge in [0.2, 0.25) is 0 Å². The Morgan fingerprint density at radius 1 is 1.24 bits per heavy atom. The summed E-state index contributed by atoms with van der Waals surface area (Å²) in [5, 5.41) is 12.2. The van der Waals surface area contributed by atoms with Crippen LogP contribution in [0.3, 0.4) is 0 Å². The van der Waals surface area contributed by atoms with Crippen molar-refractivity contribution in [1.82, 2.24) is 10.2 Å². The van der Waals surface area contributed by atoms with Crippen LogP contribution in [0.2, 0.25) is 0 Å². The van der Waals surface area contributed by atoms with Gasteiger partial charge < -0.3 is 15.3 Å². The number of urea groups is 1. The number of carbonyl (C=O) groups excluding carboxylic acids is 1. The van der Waals surface area contributed by atoms with Crippen molar-refractivity contribution < 1.29 is 9.90 Å². The molecule has 1 aliphatic heterocycles. The maximum absolute atomic E-state index is 12.2. The van der Waals surface area contributed by atoms with Gasteiger partial charge in [-0.3, -0.25) is 0 Å². The zero-order valence-electron chi connectivity index (χ0n) is 13.3. The number of aliphatic hydroxyl groups is 1. The summed E-state index contributed by atoms with van der Waals surface area (Å²) in [6.07, 6.45) is 1.79. The average Bonchev–Trinajstić information content (AvgIpc) is 2.46. The fraction of sp³-hybridized carbons (Fsp3) is 0.588. The minimum Gasteiger partial charge on any atom is -0.396 e. The minimum atomic E-state index is 0.00534. The second-order valence-corrected chi connectivity index (χ2v) is 6.15. The van der Waals surface area contributed by atoms with Crippen molar-refractivity contribution in [1.29, 1.82) is 0 Å². The molecule has 1 aliphatic rings. The van der Waals surface area contributed by atoms with E-state index in [-0.39, 0.29) is 12.6 Å². The number of nitrogens with zero attached hydrogens (tertiary/aromatic N) is 1. The normalized spacial score (nSPS) is 16.1. The van der Waals surface area contributed by atoms with Gasteiger partial charge in [-0.2, -0.15) is 0 Å². The van der Waals surface area contributed by atoms with Crippen molar-refractivity contribution >= 4 is 6.03 Å². The van der Waals surface area contributed by atoms with Crippen molar-refractivity contribution in [2.75, 3.05) is 19.7 Å². The zero-order valence-corrected chi connectivity index (χ0v) is 13.3. The summed E-state index contributed by atoms with van der Waals surface area (Å²) in [7, 11) is 0. The molecule has 2 N–H and O–H groups in total. The molecule has 1 aromatic carbocycles. The summed E-state index contributed by atoms with van der Waals surface area (Å²) in [6.45, 7) is 8.57. The van der Waals surface area contributed by atoms with E-state index in [1.807, 2.05) is 4.90 Å². The predicted molar refractivity (Wildman–Crippen MR) is 84.3 cm³/mol. The topological polar surface area (TPSA) is 52.6 Å². The van der Waals surface area contributed by atoms with Crippen LogP contribution in [0, 0.1) is 26.7 Å². The van der Waals surface area contributed by atoms with Crippen LogP contribution in [0.5, 0.6) is 0 Å². The number of likely N-dealkylation sites (tertiary alicyclic amines) is 1. The molecule has 2 amide bonds. The number of amides is 2. The molecular formula is C17H26N2O2. The number of aliphatic hydroxyl groups excluding tert-OH is 1. The Morgan fingerprint density at radius 2 is 1.81 bits per heavy atom. The molecule has 2 rings (SSSR count). The molecule has 0 aromatic heterocycles. The van der Waals surface area contributed by atoms with Crippen LogP contribution in [0.1, 0.15) is 35.1 Å². The molecule has 0 atom stereocenters. The fourth-order valence-electron chi connectivity index (χ4n) is 3.08. The third kappa shape index (κ3) is 3.97. The van der Waals surface area contributed by atoms with Crippen molar-refractivity contribution in [2.45, 2.75) is 40.2 Å². The second-order valence-electron chi connectivity index (χ2n) is 6.15. The lowest BCUT2D eigenvalue weighted by molar-refractivity contribution is 0.137. The van der Waals surface area contributed by atoms with Crippen LogP contribution >= 0.6 is 0 Å². The number of nitrogens with one attached hydrogen (secondary N) is 1. The monoisotopic (exact) mass is 290 g/mol. The van der Waals surface area contributed by atoms with E-state index in [1.165, 1.54) is 22.3 Å². The molecule has 21 heavy (non-hydrogen) atoms. The number of hydrogen-bond acceptors (Lipinski definition) is 2. The third-order valence-electron chi connectivity index (χ3n) is 4.42. The van der Waals surface area contributed by atoms with Crippen molar-refractivity contribution in [3.05, 3.63) is 34.4 Å². The molecule has 0 bridgehead atoms. The highest BCUT2D eigenvalue weighted by atomic mass is 16.3. The van der Waals surface area contributed by atoms with E-state index in [0.29, 0.717) is 12.5 Å². The van der Waals surface area contributed by atoms with Crippen molar-refractivity contribution in [2.24, 2.45) is 5.92 Å². The van der Waals surface area contributed by atoms with Crippen LogP contribution in [0.25, 0.3) is 0 Å². The molecule has 1 heterocycles. The van der Waals surface area contributed by atoms with E-state index in [9.17, 15) is 4.79 Å². The first-order chi connectivity index (χ1) is 10.0. The van der Waals surface area contributed by atoms with E-state index in [0.717, 1.165) is 25.9 Å². The third-order valence-corrected chi connectivity index (χ3v) is 4.42. The molecule has 116 valence electrons. The van der Waals surface area contributed by atoms with Gasteiger partial charge in [-0.1, -0.05) is 17.7 Å². The molecule has 4 heteroatoms. The Hall–Kier alpha value is -1.55. The SMILES string of the molecule is Cc1cc(C)c(CNC(=O)N2CCC(CO)CC2)c(C)c1. The van der Waals surface area contributed by atoms with Crippen molar-refractivity contribution in [3.63, 3.8) is 0 Å². The Labute approximate surface area is 127 Å². The quantitative estimate of drug-likeness (QED) is 0.899. The number of benzene rings is 1. The minimum absolute atomic E-state index is 0.00534. The summed E-state index contributed by atoms with van der Waals surface area (Å²) in [6, 6.07) is 4.31. The van der Waals surface area contributed by atoms with E-state index in [4.69, 9.17) is 5.11 Å². The Morgan fingerprint density at radius 3 is 2.33 bits per heavy atom. The van der Waals surface area contributed by atoms with Crippen LogP contribution in [-0.2, 0) is 6.54 Å². The van der Waals surface area contributed by atoms with Gasteiger partial charge in [-0.25, -0.2) is 4.79 Å². The number of aryl methyl sites for hydroxylation is 3. The van der Waals surface area contributed by atoms with Gasteiger partial charge in [0.05, 0.1) is 0 Å². The summed E-state index contributed by atoms with van der Waals surface area (Å²) < 4.78 is 0. The van der Waals surface area contributed by atoms with E-state index in [2.05, 4.69) is 38.2 Å². The lowest BCUT2D eigenvalue weighted by atomic mass is 9.98. The largest absolute Gasteiger partial charge is 0.396 e. The maximum Gasteiger partial charge on any atom is 0.317 e. The van der Waals surface area contributed by atoms with Crippen LogP contribution < -0.4 is 5.32 Å². The molecule has 4 nitrogen and oxygen atoms in total. The smallest absolute Gasteiger partial charge is 0.317 e. The van der Waals surface area contributed by atoms with E-state index >= 15 is 0 Å². The van der Waals surface area contributed by atoms with Gasteiger partial charge in [-0.05, 0) is 56.2 Å². The first-order valence-corrected chi connectivity index (χ1v) is 7.71. The molecule has 1 saturated heterocycles. The average molecular weight is 290 g/mol. The summed E-state index contributed by atoms with van der Waals surface area (Å²) in [4.78, 5) is 14.1. The number of rotatable bonds is 3.